The zero-order chi connectivity index (χ0) is 42.7. The van der Waals surface area contributed by atoms with E-state index >= 15 is 0 Å². The zero-order valence-corrected chi connectivity index (χ0v) is 35.2. The average Bonchev–Trinajstić information content (AvgIpc) is 4.07. The van der Waals surface area contributed by atoms with Crippen LogP contribution in [0.3, 0.4) is 0 Å². The fraction of sp³-hybridized carbons (Fsp3) is 0.452. The second-order valence-electron chi connectivity index (χ2n) is 16.6. The maximum Gasteiger partial charge on any atom is 0.416 e. The molecule has 4 aromatic rings. The molecule has 11 nitrogen and oxygen atoms in total. The van der Waals surface area contributed by atoms with Crippen LogP contribution in [0.4, 0.5) is 13.2 Å². The molecule has 1 aliphatic heterocycles. The lowest BCUT2D eigenvalue weighted by Gasteiger charge is -2.35. The average molecular weight is 873 g/mol. The summed E-state index contributed by atoms with van der Waals surface area (Å²) in [6.45, 7) is 9.51. The Morgan fingerprint density at radius 3 is 2.44 bits per heavy atom. The number of benzene rings is 2. The quantitative estimate of drug-likeness (QED) is 0.125. The lowest BCUT2D eigenvalue weighted by atomic mass is 9.77. The van der Waals surface area contributed by atoms with Crippen LogP contribution in [0.1, 0.15) is 63.4 Å². The molecule has 2 aromatic heterocycles. The first-order valence-corrected chi connectivity index (χ1v) is 22.0. The van der Waals surface area contributed by atoms with Crippen molar-refractivity contribution in [3.05, 3.63) is 82.3 Å². The van der Waals surface area contributed by atoms with Gasteiger partial charge in [-0.1, -0.05) is 50.6 Å². The highest BCUT2D eigenvalue weighted by Crippen LogP contribution is 2.57. The first-order chi connectivity index (χ1) is 27.7. The number of allylic oxidation sites excluding steroid dienone is 1. The van der Waals surface area contributed by atoms with Gasteiger partial charge in [0.05, 0.1) is 52.8 Å². The maximum absolute atomic E-state index is 14.9. The van der Waals surface area contributed by atoms with Gasteiger partial charge in [-0.05, 0) is 60.9 Å². The zero-order valence-electron chi connectivity index (χ0n) is 32.8. The summed E-state index contributed by atoms with van der Waals surface area (Å²) in [6.07, 6.45) is -1.10. The van der Waals surface area contributed by atoms with E-state index in [2.05, 4.69) is 16.3 Å². The third-order valence-corrected chi connectivity index (χ3v) is 14.5. The van der Waals surface area contributed by atoms with Gasteiger partial charge in [-0.25, -0.2) is 18.4 Å². The summed E-state index contributed by atoms with van der Waals surface area (Å²) in [6, 6.07) is 8.83. The first-order valence-electron chi connectivity index (χ1n) is 19.2. The van der Waals surface area contributed by atoms with Crippen molar-refractivity contribution in [1.82, 2.24) is 19.6 Å². The molecule has 3 heterocycles. The van der Waals surface area contributed by atoms with Gasteiger partial charge >= 0.3 is 6.18 Å². The van der Waals surface area contributed by atoms with Crippen molar-refractivity contribution in [2.24, 2.45) is 22.7 Å². The highest BCUT2D eigenvalue weighted by atomic mass is 35.5. The predicted molar refractivity (Wildman–Crippen MR) is 217 cm³/mol. The van der Waals surface area contributed by atoms with Gasteiger partial charge in [-0.15, -0.1) is 17.9 Å². The molecule has 0 unspecified atom stereocenters. The van der Waals surface area contributed by atoms with Gasteiger partial charge in [0.25, 0.3) is 0 Å². The molecule has 17 heteroatoms. The third kappa shape index (κ3) is 8.85. The van der Waals surface area contributed by atoms with E-state index in [1.807, 2.05) is 20.8 Å². The molecule has 7 rings (SSSR count). The number of alkyl halides is 3. The number of ketones is 1. The van der Waals surface area contributed by atoms with Crippen molar-refractivity contribution in [2.45, 2.75) is 82.9 Å². The SMILES string of the molecule is C=C[C@@H]1C[C@]1(CC(=O)[C@@H]1C[C@@H](Oc2ncc(OC)c3ccc(Cl)cc23)CN1C(=O)[C@@H](Cc1nc(-c2ccc(C(F)(F)F)cc2)cs1)C(C)(C)C)C(=O)NS(=O)(=O)C1CC1. The van der Waals surface area contributed by atoms with Crippen LogP contribution in [0.5, 0.6) is 11.6 Å². The molecule has 0 spiro atoms. The van der Waals surface area contributed by atoms with Crippen LogP contribution in [0, 0.1) is 22.7 Å². The summed E-state index contributed by atoms with van der Waals surface area (Å²) in [5.74, 6) is -1.98. The minimum Gasteiger partial charge on any atom is -0.494 e. The van der Waals surface area contributed by atoms with E-state index in [1.165, 1.54) is 41.7 Å². The van der Waals surface area contributed by atoms with E-state index in [0.717, 1.165) is 12.1 Å². The Hall–Kier alpha value is -4.54. The summed E-state index contributed by atoms with van der Waals surface area (Å²) in [4.78, 5) is 53.8. The third-order valence-electron chi connectivity index (χ3n) is 11.5. The highest BCUT2D eigenvalue weighted by molar-refractivity contribution is 7.90. The number of Topliss-reactive ketones (excluding diaryl/α,β-unsaturated/α-hetero) is 1. The Kier molecular flexibility index (Phi) is 11.4. The van der Waals surface area contributed by atoms with Crippen molar-refractivity contribution < 1.29 is 45.4 Å². The number of hydrogen-bond acceptors (Lipinski definition) is 10. The van der Waals surface area contributed by atoms with Crippen molar-refractivity contribution in [1.29, 1.82) is 0 Å². The van der Waals surface area contributed by atoms with Crippen molar-refractivity contribution >= 4 is 61.3 Å². The number of fused-ring (bicyclic) bond motifs is 1. The number of carbonyl (C=O) groups excluding carboxylic acids is 3. The highest BCUT2D eigenvalue weighted by Gasteiger charge is 2.61. The largest absolute Gasteiger partial charge is 0.494 e. The van der Waals surface area contributed by atoms with Crippen LogP contribution in [0.2, 0.25) is 5.02 Å². The Bertz CT molecular complexity index is 2410. The number of rotatable bonds is 14. The van der Waals surface area contributed by atoms with E-state index < -0.39 is 73.5 Å². The Morgan fingerprint density at radius 1 is 1.12 bits per heavy atom. The fourth-order valence-electron chi connectivity index (χ4n) is 7.82. The van der Waals surface area contributed by atoms with Crippen molar-refractivity contribution in [3.63, 3.8) is 0 Å². The number of hydrogen-bond donors (Lipinski definition) is 1. The van der Waals surface area contributed by atoms with E-state index in [1.54, 1.807) is 29.7 Å². The van der Waals surface area contributed by atoms with Crippen LogP contribution >= 0.6 is 22.9 Å². The smallest absolute Gasteiger partial charge is 0.416 e. The van der Waals surface area contributed by atoms with Crippen molar-refractivity contribution in [2.75, 3.05) is 13.7 Å². The molecule has 2 saturated carbocycles. The first kappa shape index (κ1) is 42.6. The molecule has 1 N–H and O–H groups in total. The summed E-state index contributed by atoms with van der Waals surface area (Å²) in [5.41, 5.74) is -1.81. The van der Waals surface area contributed by atoms with Gasteiger partial charge in [0, 0.05) is 51.9 Å². The van der Waals surface area contributed by atoms with Crippen LogP contribution in [0.15, 0.2) is 66.7 Å². The summed E-state index contributed by atoms with van der Waals surface area (Å²) < 4.78 is 79.4. The number of aromatic nitrogens is 2. The van der Waals surface area contributed by atoms with E-state index in [-0.39, 0.29) is 44.0 Å². The molecule has 2 amide bonds. The summed E-state index contributed by atoms with van der Waals surface area (Å²) in [5, 5.41) is 3.34. The lowest BCUT2D eigenvalue weighted by Crippen LogP contribution is -2.48. The van der Waals surface area contributed by atoms with Crippen LogP contribution in [0.25, 0.3) is 22.0 Å². The Labute approximate surface area is 349 Å². The second kappa shape index (κ2) is 15.8. The van der Waals surface area contributed by atoms with Gasteiger partial charge in [0.2, 0.25) is 27.7 Å². The topological polar surface area (TPSA) is 145 Å². The van der Waals surface area contributed by atoms with Crippen LogP contribution < -0.4 is 14.2 Å². The number of amides is 2. The molecule has 2 aliphatic carbocycles. The van der Waals surface area contributed by atoms with Gasteiger partial charge in [-0.2, -0.15) is 13.2 Å². The summed E-state index contributed by atoms with van der Waals surface area (Å²) >= 11 is 7.65. The minimum absolute atomic E-state index is 0.00754. The van der Waals surface area contributed by atoms with Gasteiger partial charge in [0.1, 0.15) is 11.9 Å². The Balaban J connectivity index is 1.18. The molecule has 0 radical (unpaired) electrons. The van der Waals surface area contributed by atoms with Crippen molar-refractivity contribution in [3.8, 4) is 22.9 Å². The van der Waals surface area contributed by atoms with Gasteiger partial charge in [-0.3, -0.25) is 19.1 Å². The second-order valence-corrected chi connectivity index (χ2v) is 20.0. The number of likely N-dealkylation sites (tertiary alicyclic amines) is 1. The number of nitrogens with one attached hydrogen (secondary N) is 1. The number of carbonyl (C=O) groups is 3. The van der Waals surface area contributed by atoms with Crippen LogP contribution in [-0.2, 0) is 37.0 Å². The number of sulfonamides is 1. The normalized spacial score (nSPS) is 22.5. The van der Waals surface area contributed by atoms with Gasteiger partial charge in [0.15, 0.2) is 5.78 Å². The fourth-order valence-corrected chi connectivity index (χ4v) is 10.2. The molecule has 0 bridgehead atoms. The minimum atomic E-state index is -4.48. The van der Waals surface area contributed by atoms with Gasteiger partial charge < -0.3 is 14.4 Å². The molecule has 3 fully saturated rings. The molecule has 2 aromatic carbocycles. The van der Waals surface area contributed by atoms with E-state index in [0.29, 0.717) is 50.7 Å². The standard InChI is InChI=1S/C42H44ClF3N4O7S2/c1-6-24-18-41(24,39(53)49-59(54,55)28-12-13-28)19-34(51)33-16-27(57-37-30-15-26(43)11-14-29(30)35(56-5)20-47-37)21-50(33)38(52)31(40(2,3)4)17-36-48-32(22-58-36)23-7-9-25(10-8-23)42(44,45)46/h6-11,14-15,20,22,24,27-28,31,33H,1,12-13,16-19,21H2,2-5H3,(H,49,53)/t24-,27-,31-,33+,41-/m1/s1. The predicted octanol–water partition coefficient (Wildman–Crippen LogP) is 8.05. The molecule has 3 aliphatic rings. The number of pyridine rings is 1. The van der Waals surface area contributed by atoms with E-state index in [9.17, 15) is 36.0 Å². The molecule has 59 heavy (non-hydrogen) atoms. The molecule has 5 atom stereocenters. The number of ether oxygens (including phenoxy) is 2. The molecular formula is C42H44ClF3N4O7S2. The number of methoxy groups -OCH3 is 1. The Morgan fingerprint density at radius 2 is 1.83 bits per heavy atom. The monoisotopic (exact) mass is 872 g/mol. The van der Waals surface area contributed by atoms with E-state index in [4.69, 9.17) is 26.1 Å². The number of halogens is 4. The van der Waals surface area contributed by atoms with Crippen LogP contribution in [-0.4, -0.2) is 71.9 Å². The number of thiazole rings is 1. The summed E-state index contributed by atoms with van der Waals surface area (Å²) in [7, 11) is -2.38. The molecule has 314 valence electrons. The molecule has 1 saturated heterocycles. The number of nitrogens with zero attached hydrogens (tertiary/aromatic N) is 3. The lowest BCUT2D eigenvalue weighted by molar-refractivity contribution is -0.144. The molecular weight excluding hydrogens is 829 g/mol. The maximum atomic E-state index is 14.9.